The lowest BCUT2D eigenvalue weighted by atomic mass is 10.0. The van der Waals surface area contributed by atoms with Crippen LogP contribution in [0.2, 0.25) is 0 Å². The van der Waals surface area contributed by atoms with E-state index in [2.05, 4.69) is 24.3 Å². The predicted octanol–water partition coefficient (Wildman–Crippen LogP) is 2.41. The minimum Gasteiger partial charge on any atom is -0.394 e. The molecule has 1 aliphatic rings. The zero-order chi connectivity index (χ0) is 16.1. The number of rotatable bonds is 6. The summed E-state index contributed by atoms with van der Waals surface area (Å²) in [6.07, 6.45) is 1.75. The Kier molecular flexibility index (Phi) is 5.55. The van der Waals surface area contributed by atoms with E-state index in [-0.39, 0.29) is 18.6 Å². The van der Waals surface area contributed by atoms with Gasteiger partial charge in [0.25, 0.3) is 5.91 Å². The average Bonchev–Trinajstić information content (AvgIpc) is 2.92. The third-order valence-electron chi connectivity index (χ3n) is 3.72. The fraction of sp³-hybridized carbons (Fsp3) is 0.529. The molecule has 0 bridgehead atoms. The minimum atomic E-state index is -0.196. The van der Waals surface area contributed by atoms with Crippen LogP contribution in [0.3, 0.4) is 0 Å². The van der Waals surface area contributed by atoms with Gasteiger partial charge in [-0.25, -0.2) is 0 Å². The van der Waals surface area contributed by atoms with Crippen LogP contribution < -0.4 is 10.3 Å². The Morgan fingerprint density at radius 1 is 1.36 bits per heavy atom. The molecule has 0 saturated heterocycles. The van der Waals surface area contributed by atoms with Crippen molar-refractivity contribution in [2.75, 3.05) is 18.2 Å². The van der Waals surface area contributed by atoms with Gasteiger partial charge in [0.2, 0.25) is 0 Å². The Morgan fingerprint density at radius 3 is 2.55 bits per heavy atom. The predicted molar refractivity (Wildman–Crippen MR) is 89.3 cm³/mol. The monoisotopic (exact) mass is 303 g/mol. The van der Waals surface area contributed by atoms with Crippen molar-refractivity contribution in [2.45, 2.75) is 39.7 Å². The number of nitrogens with zero attached hydrogens (tertiary/aromatic N) is 2. The fourth-order valence-corrected chi connectivity index (χ4v) is 2.56. The van der Waals surface area contributed by atoms with Gasteiger partial charge in [-0.2, -0.15) is 5.10 Å². The van der Waals surface area contributed by atoms with Crippen LogP contribution in [0.1, 0.15) is 44.0 Å². The molecule has 1 amide bonds. The highest BCUT2D eigenvalue weighted by Gasteiger charge is 2.16. The zero-order valence-corrected chi connectivity index (χ0v) is 13.5. The molecule has 1 atom stereocenters. The summed E-state index contributed by atoms with van der Waals surface area (Å²) in [7, 11) is 0. The van der Waals surface area contributed by atoms with Gasteiger partial charge in [-0.1, -0.05) is 13.8 Å². The highest BCUT2D eigenvalue weighted by atomic mass is 16.3. The van der Waals surface area contributed by atoms with E-state index in [1.807, 2.05) is 24.1 Å². The number of aliphatic hydroxyl groups is 1. The molecule has 0 aliphatic carbocycles. The Balaban J connectivity index is 1.99. The molecule has 1 aromatic carbocycles. The molecular formula is C17H25N3O2. The van der Waals surface area contributed by atoms with Crippen molar-refractivity contribution in [2.24, 2.45) is 11.0 Å². The van der Waals surface area contributed by atoms with Crippen molar-refractivity contribution in [3.63, 3.8) is 0 Å². The highest BCUT2D eigenvalue weighted by molar-refractivity contribution is 5.94. The first-order valence-electron chi connectivity index (χ1n) is 7.83. The molecule has 2 rings (SSSR count). The molecule has 0 radical (unpaired) electrons. The summed E-state index contributed by atoms with van der Waals surface area (Å²) in [6, 6.07) is 7.23. The van der Waals surface area contributed by atoms with Crippen LogP contribution in [0, 0.1) is 5.92 Å². The number of nitrogens with one attached hydrogen (secondary N) is 1. The molecule has 22 heavy (non-hydrogen) atoms. The van der Waals surface area contributed by atoms with Crippen LogP contribution in [-0.4, -0.2) is 35.9 Å². The van der Waals surface area contributed by atoms with Crippen molar-refractivity contribution in [3.8, 4) is 0 Å². The average molecular weight is 303 g/mol. The molecule has 0 aromatic heterocycles. The lowest BCUT2D eigenvalue weighted by Crippen LogP contribution is -2.38. The Bertz CT molecular complexity index is 537. The summed E-state index contributed by atoms with van der Waals surface area (Å²) in [5.74, 6) is 0.281. The number of hydrogen-bond acceptors (Lipinski definition) is 4. The Morgan fingerprint density at radius 2 is 2.05 bits per heavy atom. The maximum Gasteiger partial charge on any atom is 0.251 e. The SMILES string of the molecule is CC1=NN(c2ccc(C(=O)NC(CO)CC(C)C)cc2)CC1. The number of aliphatic hydroxyl groups excluding tert-OH is 1. The minimum absolute atomic E-state index is 0.0379. The summed E-state index contributed by atoms with van der Waals surface area (Å²) in [5, 5.41) is 18.6. The Labute approximate surface area is 132 Å². The molecule has 1 heterocycles. The second-order valence-electron chi connectivity index (χ2n) is 6.24. The first kappa shape index (κ1) is 16.5. The van der Waals surface area contributed by atoms with E-state index in [0.717, 1.165) is 30.8 Å². The summed E-state index contributed by atoms with van der Waals surface area (Å²) in [5.41, 5.74) is 2.72. The van der Waals surface area contributed by atoms with Crippen LogP contribution >= 0.6 is 0 Å². The van der Waals surface area contributed by atoms with E-state index in [1.165, 1.54) is 0 Å². The number of hydrogen-bond donors (Lipinski definition) is 2. The second kappa shape index (κ2) is 7.40. The van der Waals surface area contributed by atoms with Gasteiger partial charge in [-0.05, 0) is 43.5 Å². The summed E-state index contributed by atoms with van der Waals surface area (Å²) >= 11 is 0. The normalized spacial score (nSPS) is 15.9. The van der Waals surface area contributed by atoms with Gasteiger partial charge in [-0.3, -0.25) is 9.80 Å². The second-order valence-corrected chi connectivity index (χ2v) is 6.24. The highest BCUT2D eigenvalue weighted by Crippen LogP contribution is 2.20. The topological polar surface area (TPSA) is 64.9 Å². The van der Waals surface area contributed by atoms with Gasteiger partial charge in [0, 0.05) is 24.2 Å². The van der Waals surface area contributed by atoms with Crippen LogP contribution in [0.4, 0.5) is 5.69 Å². The zero-order valence-electron chi connectivity index (χ0n) is 13.5. The maximum absolute atomic E-state index is 12.2. The molecule has 2 N–H and O–H groups in total. The van der Waals surface area contributed by atoms with Crippen LogP contribution in [-0.2, 0) is 0 Å². The van der Waals surface area contributed by atoms with Crippen LogP contribution in [0.25, 0.3) is 0 Å². The van der Waals surface area contributed by atoms with E-state index in [0.29, 0.717) is 11.5 Å². The number of hydrazone groups is 1. The van der Waals surface area contributed by atoms with Gasteiger partial charge in [-0.15, -0.1) is 0 Å². The van der Waals surface area contributed by atoms with Gasteiger partial charge in [0.1, 0.15) is 0 Å². The van der Waals surface area contributed by atoms with E-state index in [9.17, 15) is 9.90 Å². The van der Waals surface area contributed by atoms with Crippen LogP contribution in [0.15, 0.2) is 29.4 Å². The Hall–Kier alpha value is -1.88. The molecule has 5 nitrogen and oxygen atoms in total. The summed E-state index contributed by atoms with van der Waals surface area (Å²) < 4.78 is 0. The maximum atomic E-state index is 12.2. The van der Waals surface area contributed by atoms with Gasteiger partial charge < -0.3 is 10.4 Å². The molecule has 1 aliphatic heterocycles. The van der Waals surface area contributed by atoms with E-state index >= 15 is 0 Å². The lowest BCUT2D eigenvalue weighted by Gasteiger charge is -2.18. The van der Waals surface area contributed by atoms with Gasteiger partial charge in [0.05, 0.1) is 18.3 Å². The lowest BCUT2D eigenvalue weighted by molar-refractivity contribution is 0.0908. The van der Waals surface area contributed by atoms with Crippen molar-refractivity contribution in [1.29, 1.82) is 0 Å². The quantitative estimate of drug-likeness (QED) is 0.848. The van der Waals surface area contributed by atoms with E-state index in [1.54, 1.807) is 12.1 Å². The standard InChI is InChI=1S/C17H25N3O2/c1-12(2)10-15(11-21)18-17(22)14-4-6-16(7-5-14)20-9-8-13(3)19-20/h4-7,12,15,21H,8-11H2,1-3H3,(H,18,22). The molecule has 0 spiro atoms. The number of carbonyl (C=O) groups excluding carboxylic acids is 1. The molecular weight excluding hydrogens is 278 g/mol. The first-order chi connectivity index (χ1) is 10.5. The van der Waals surface area contributed by atoms with Crippen molar-refractivity contribution < 1.29 is 9.90 Å². The van der Waals surface area contributed by atoms with Gasteiger partial charge >= 0.3 is 0 Å². The summed E-state index contributed by atoms with van der Waals surface area (Å²) in [6.45, 7) is 7.01. The van der Waals surface area contributed by atoms with Crippen molar-refractivity contribution in [1.82, 2.24) is 5.32 Å². The van der Waals surface area contributed by atoms with Gasteiger partial charge in [0.15, 0.2) is 0 Å². The summed E-state index contributed by atoms with van der Waals surface area (Å²) in [4.78, 5) is 12.2. The number of amides is 1. The third-order valence-corrected chi connectivity index (χ3v) is 3.72. The van der Waals surface area contributed by atoms with Crippen molar-refractivity contribution >= 4 is 17.3 Å². The molecule has 120 valence electrons. The van der Waals surface area contributed by atoms with Crippen molar-refractivity contribution in [3.05, 3.63) is 29.8 Å². The molecule has 1 unspecified atom stereocenters. The number of benzene rings is 1. The number of anilines is 1. The van der Waals surface area contributed by atoms with E-state index in [4.69, 9.17) is 0 Å². The largest absolute Gasteiger partial charge is 0.394 e. The molecule has 1 aromatic rings. The van der Waals surface area contributed by atoms with Crippen LogP contribution in [0.5, 0.6) is 0 Å². The first-order valence-corrected chi connectivity index (χ1v) is 7.83. The van der Waals surface area contributed by atoms with E-state index < -0.39 is 0 Å². The molecule has 0 fully saturated rings. The smallest absolute Gasteiger partial charge is 0.251 e. The number of carbonyl (C=O) groups is 1. The molecule has 5 heteroatoms. The third kappa shape index (κ3) is 4.31. The molecule has 0 saturated carbocycles. The fourth-order valence-electron chi connectivity index (χ4n) is 2.56.